The minimum Gasteiger partial charge on any atom is -0.395 e. The van der Waals surface area contributed by atoms with Crippen LogP contribution in [0.1, 0.15) is 22.3 Å². The maximum Gasteiger partial charge on any atom is 0.241 e. The van der Waals surface area contributed by atoms with Gasteiger partial charge in [0.15, 0.2) is 0 Å². The van der Waals surface area contributed by atoms with Crippen molar-refractivity contribution < 1.29 is 9.90 Å². The molecule has 1 aromatic carbocycles. The Morgan fingerprint density at radius 2 is 1.96 bits per heavy atom. The molecule has 0 saturated heterocycles. The molecule has 0 aliphatic rings. The smallest absolute Gasteiger partial charge is 0.241 e. The molecule has 0 aliphatic carbocycles. The highest BCUT2D eigenvalue weighted by molar-refractivity contribution is 5.75. The summed E-state index contributed by atoms with van der Waals surface area (Å²) in [7, 11) is 0. The molecule has 1 heterocycles. The molecule has 23 heavy (non-hydrogen) atoms. The predicted molar refractivity (Wildman–Crippen MR) is 90.3 cm³/mol. The van der Waals surface area contributed by atoms with Gasteiger partial charge in [0.05, 0.1) is 18.5 Å². The van der Waals surface area contributed by atoms with E-state index in [-0.39, 0.29) is 25.6 Å². The molecule has 0 unspecified atom stereocenters. The van der Waals surface area contributed by atoms with E-state index in [1.54, 1.807) is 17.1 Å². The monoisotopic (exact) mass is 316 g/mol. The number of benzene rings is 1. The first-order valence-electron chi connectivity index (χ1n) is 7.70. The quantitative estimate of drug-likeness (QED) is 0.724. The number of amides is 1. The average molecular weight is 316 g/mol. The van der Waals surface area contributed by atoms with E-state index >= 15 is 0 Å². The van der Waals surface area contributed by atoms with Crippen LogP contribution in [0.2, 0.25) is 0 Å². The molecular weight excluding hydrogens is 292 g/mol. The lowest BCUT2D eigenvalue weighted by Crippen LogP contribution is -2.30. The first-order chi connectivity index (χ1) is 11.0. The number of aryl methyl sites for hydroxylation is 3. The number of nitrogens with zero attached hydrogens (tertiary/aromatic N) is 2. The number of aliphatic hydroxyl groups excluding tert-OH is 1. The first kappa shape index (κ1) is 17.0. The Kier molecular flexibility index (Phi) is 5.76. The molecule has 2 aromatic rings. The lowest BCUT2D eigenvalue weighted by molar-refractivity contribution is -0.122. The Bertz CT molecular complexity index is 679. The van der Waals surface area contributed by atoms with E-state index < -0.39 is 0 Å². The van der Waals surface area contributed by atoms with Crippen molar-refractivity contribution >= 4 is 11.6 Å². The van der Waals surface area contributed by atoms with Gasteiger partial charge in [0.1, 0.15) is 6.54 Å². The van der Waals surface area contributed by atoms with E-state index in [9.17, 15) is 4.79 Å². The molecule has 0 saturated carbocycles. The average Bonchev–Trinajstić information content (AvgIpc) is 2.95. The second kappa shape index (κ2) is 7.78. The third kappa shape index (κ3) is 4.82. The second-order valence-electron chi connectivity index (χ2n) is 5.72. The van der Waals surface area contributed by atoms with Crippen LogP contribution >= 0.6 is 0 Å². The van der Waals surface area contributed by atoms with Crippen LogP contribution in [0.3, 0.4) is 0 Å². The summed E-state index contributed by atoms with van der Waals surface area (Å²) < 4.78 is 1.57. The predicted octanol–water partition coefficient (Wildman–Crippen LogP) is 1.53. The van der Waals surface area contributed by atoms with Gasteiger partial charge < -0.3 is 15.7 Å². The van der Waals surface area contributed by atoms with E-state index in [1.165, 1.54) is 22.3 Å². The molecule has 2 rings (SSSR count). The molecule has 6 nitrogen and oxygen atoms in total. The van der Waals surface area contributed by atoms with Crippen LogP contribution in [0.25, 0.3) is 0 Å². The van der Waals surface area contributed by atoms with E-state index in [2.05, 4.69) is 48.6 Å². The van der Waals surface area contributed by atoms with Gasteiger partial charge in [0.25, 0.3) is 0 Å². The highest BCUT2D eigenvalue weighted by atomic mass is 16.3. The molecule has 0 aliphatic heterocycles. The normalized spacial score (nSPS) is 10.6. The molecule has 0 spiro atoms. The second-order valence-corrected chi connectivity index (χ2v) is 5.72. The van der Waals surface area contributed by atoms with Crippen LogP contribution in [-0.2, 0) is 17.9 Å². The summed E-state index contributed by atoms with van der Waals surface area (Å²) in [5.41, 5.74) is 5.96. The van der Waals surface area contributed by atoms with Crippen molar-refractivity contribution in [1.82, 2.24) is 15.1 Å². The van der Waals surface area contributed by atoms with Crippen molar-refractivity contribution in [1.29, 1.82) is 0 Å². The van der Waals surface area contributed by atoms with Crippen LogP contribution in [0.15, 0.2) is 24.5 Å². The third-order valence-electron chi connectivity index (χ3n) is 3.81. The lowest BCUT2D eigenvalue weighted by Gasteiger charge is -2.10. The van der Waals surface area contributed by atoms with Crippen molar-refractivity contribution in [3.63, 3.8) is 0 Å². The molecular formula is C17H24N4O2. The number of hydrogen-bond acceptors (Lipinski definition) is 4. The fourth-order valence-electron chi connectivity index (χ4n) is 2.35. The van der Waals surface area contributed by atoms with Gasteiger partial charge in [0.2, 0.25) is 5.91 Å². The summed E-state index contributed by atoms with van der Waals surface area (Å²) in [6.45, 7) is 7.40. The van der Waals surface area contributed by atoms with Gasteiger partial charge in [-0.15, -0.1) is 0 Å². The molecule has 0 radical (unpaired) electrons. The number of anilines is 1. The zero-order chi connectivity index (χ0) is 16.8. The van der Waals surface area contributed by atoms with Gasteiger partial charge in [-0.1, -0.05) is 12.1 Å². The fourth-order valence-corrected chi connectivity index (χ4v) is 2.35. The summed E-state index contributed by atoms with van der Waals surface area (Å²) >= 11 is 0. The van der Waals surface area contributed by atoms with Gasteiger partial charge in [-0.2, -0.15) is 5.10 Å². The van der Waals surface area contributed by atoms with Gasteiger partial charge in [-0.05, 0) is 43.0 Å². The van der Waals surface area contributed by atoms with Gasteiger partial charge in [-0.25, -0.2) is 0 Å². The van der Waals surface area contributed by atoms with Crippen molar-refractivity contribution in [3.8, 4) is 0 Å². The summed E-state index contributed by atoms with van der Waals surface area (Å²) in [6.07, 6.45) is 3.50. The number of carbonyl (C=O) groups excluding carboxylic acids is 1. The molecule has 124 valence electrons. The third-order valence-corrected chi connectivity index (χ3v) is 3.81. The maximum atomic E-state index is 11.6. The molecule has 1 aromatic heterocycles. The summed E-state index contributed by atoms with van der Waals surface area (Å²) in [6, 6.07) is 4.39. The standard InChI is InChI=1S/C17H24N4O2/c1-12-6-14(3)15(7-13(12)2)8-19-16-9-20-21(10-16)11-17(23)18-4-5-22/h6-7,9-10,19,22H,4-5,8,11H2,1-3H3,(H,18,23). The number of aliphatic hydroxyl groups is 1. The molecule has 6 heteroatoms. The summed E-state index contributed by atoms with van der Waals surface area (Å²) in [4.78, 5) is 11.6. The van der Waals surface area contributed by atoms with Crippen LogP contribution in [0.4, 0.5) is 5.69 Å². The number of carbonyl (C=O) groups is 1. The van der Waals surface area contributed by atoms with Crippen molar-refractivity contribution in [2.45, 2.75) is 33.9 Å². The van der Waals surface area contributed by atoms with Crippen LogP contribution in [0, 0.1) is 20.8 Å². The van der Waals surface area contributed by atoms with Crippen LogP contribution in [-0.4, -0.2) is 33.9 Å². The van der Waals surface area contributed by atoms with E-state index in [0.29, 0.717) is 0 Å². The van der Waals surface area contributed by atoms with E-state index in [0.717, 1.165) is 12.2 Å². The van der Waals surface area contributed by atoms with E-state index in [4.69, 9.17) is 5.11 Å². The van der Waals surface area contributed by atoms with Gasteiger partial charge in [0, 0.05) is 19.3 Å². The first-order valence-corrected chi connectivity index (χ1v) is 7.70. The van der Waals surface area contributed by atoms with E-state index in [1.807, 2.05) is 0 Å². The highest BCUT2D eigenvalue weighted by Crippen LogP contribution is 2.17. The largest absolute Gasteiger partial charge is 0.395 e. The summed E-state index contributed by atoms with van der Waals surface area (Å²) in [5.74, 6) is -0.168. The zero-order valence-corrected chi connectivity index (χ0v) is 13.9. The Morgan fingerprint density at radius 1 is 1.22 bits per heavy atom. The molecule has 0 fully saturated rings. The number of rotatable bonds is 7. The Morgan fingerprint density at radius 3 is 2.70 bits per heavy atom. The number of hydrogen-bond donors (Lipinski definition) is 3. The minimum absolute atomic E-state index is 0.0625. The fraction of sp³-hybridized carbons (Fsp3) is 0.412. The molecule has 3 N–H and O–H groups in total. The number of aromatic nitrogens is 2. The minimum atomic E-state index is -0.168. The topological polar surface area (TPSA) is 79.2 Å². The maximum absolute atomic E-state index is 11.6. The Labute approximate surface area is 136 Å². The molecule has 0 bridgehead atoms. The number of nitrogens with one attached hydrogen (secondary N) is 2. The van der Waals surface area contributed by atoms with Gasteiger partial charge in [-0.3, -0.25) is 9.48 Å². The molecule has 1 amide bonds. The van der Waals surface area contributed by atoms with Crippen molar-refractivity contribution in [3.05, 3.63) is 46.8 Å². The van der Waals surface area contributed by atoms with Gasteiger partial charge >= 0.3 is 0 Å². The zero-order valence-electron chi connectivity index (χ0n) is 13.9. The van der Waals surface area contributed by atoms with Crippen LogP contribution < -0.4 is 10.6 Å². The highest BCUT2D eigenvalue weighted by Gasteiger charge is 2.06. The Hall–Kier alpha value is -2.34. The SMILES string of the molecule is Cc1cc(C)c(CNc2cnn(CC(=O)NCCO)c2)cc1C. The van der Waals surface area contributed by atoms with Crippen LogP contribution in [0.5, 0.6) is 0 Å². The summed E-state index contributed by atoms with van der Waals surface area (Å²) in [5, 5.41) is 18.8. The van der Waals surface area contributed by atoms with Crippen molar-refractivity contribution in [2.75, 3.05) is 18.5 Å². The molecule has 0 atom stereocenters. The lowest BCUT2D eigenvalue weighted by atomic mass is 10.0. The Balaban J connectivity index is 1.92. The van der Waals surface area contributed by atoms with Crippen molar-refractivity contribution in [2.24, 2.45) is 0 Å².